The molecule has 0 aliphatic carbocycles. The summed E-state index contributed by atoms with van der Waals surface area (Å²) in [6.07, 6.45) is 1.62. The first-order valence-corrected chi connectivity index (χ1v) is 11.6. The molecule has 7 nitrogen and oxygen atoms in total. The molecule has 0 aromatic heterocycles. The molecule has 0 bridgehead atoms. The Morgan fingerprint density at radius 1 is 1.20 bits per heavy atom. The number of hydrogen-bond donors (Lipinski definition) is 1. The Morgan fingerprint density at radius 3 is 2.63 bits per heavy atom. The minimum atomic E-state index is -1.03. The highest BCUT2D eigenvalue weighted by atomic mass is 19.1. The fourth-order valence-corrected chi connectivity index (χ4v) is 4.50. The van der Waals surface area contributed by atoms with Crippen molar-refractivity contribution in [1.82, 2.24) is 9.80 Å². The van der Waals surface area contributed by atoms with Crippen LogP contribution < -0.4 is 4.74 Å². The summed E-state index contributed by atoms with van der Waals surface area (Å²) < 4.78 is 25.9. The molecule has 2 aromatic rings. The van der Waals surface area contributed by atoms with E-state index in [1.54, 1.807) is 49.4 Å². The zero-order chi connectivity index (χ0) is 24.9. The molecule has 1 atom stereocenters. The summed E-state index contributed by atoms with van der Waals surface area (Å²) in [6, 6.07) is 10.0. The van der Waals surface area contributed by atoms with E-state index in [0.29, 0.717) is 56.3 Å². The van der Waals surface area contributed by atoms with Crippen molar-refractivity contribution in [3.05, 3.63) is 83.2 Å². The Balaban J connectivity index is 1.74. The van der Waals surface area contributed by atoms with Crippen molar-refractivity contribution in [2.24, 2.45) is 0 Å². The van der Waals surface area contributed by atoms with Gasteiger partial charge in [-0.3, -0.25) is 14.5 Å². The van der Waals surface area contributed by atoms with E-state index >= 15 is 0 Å². The number of nitrogens with zero attached hydrogens (tertiary/aromatic N) is 2. The summed E-state index contributed by atoms with van der Waals surface area (Å²) in [5, 5.41) is 11.3. The van der Waals surface area contributed by atoms with Crippen LogP contribution in [0.2, 0.25) is 0 Å². The maximum atomic E-state index is 14.9. The molecular formula is C27H29FN2O5. The lowest BCUT2D eigenvalue weighted by Gasteiger charge is -2.31. The van der Waals surface area contributed by atoms with Gasteiger partial charge in [-0.25, -0.2) is 4.39 Å². The maximum Gasteiger partial charge on any atom is 0.295 e. The van der Waals surface area contributed by atoms with E-state index in [0.717, 1.165) is 0 Å². The van der Waals surface area contributed by atoms with Gasteiger partial charge in [-0.15, -0.1) is 0 Å². The Morgan fingerprint density at radius 2 is 1.94 bits per heavy atom. The van der Waals surface area contributed by atoms with Crippen molar-refractivity contribution in [2.45, 2.75) is 13.0 Å². The van der Waals surface area contributed by atoms with Gasteiger partial charge < -0.3 is 19.5 Å². The predicted octanol–water partition coefficient (Wildman–Crippen LogP) is 3.45. The molecular weight excluding hydrogens is 451 g/mol. The number of amides is 1. The van der Waals surface area contributed by atoms with Crippen LogP contribution >= 0.6 is 0 Å². The van der Waals surface area contributed by atoms with E-state index in [1.807, 2.05) is 0 Å². The predicted molar refractivity (Wildman–Crippen MR) is 130 cm³/mol. The van der Waals surface area contributed by atoms with Gasteiger partial charge in [-0.2, -0.15) is 0 Å². The average molecular weight is 481 g/mol. The third kappa shape index (κ3) is 5.13. The summed E-state index contributed by atoms with van der Waals surface area (Å²) in [5.74, 6) is -1.89. The lowest BCUT2D eigenvalue weighted by Crippen LogP contribution is -2.42. The topological polar surface area (TPSA) is 79.3 Å². The van der Waals surface area contributed by atoms with E-state index in [-0.39, 0.29) is 23.4 Å². The highest BCUT2D eigenvalue weighted by Gasteiger charge is 2.47. The van der Waals surface area contributed by atoms with Crippen molar-refractivity contribution < 1.29 is 28.6 Å². The fraction of sp³-hybridized carbons (Fsp3) is 0.333. The summed E-state index contributed by atoms with van der Waals surface area (Å²) in [6.45, 7) is 9.07. The number of Topliss-reactive ketones (excluding diaryl/α,β-unsaturated/α-hetero) is 1. The molecule has 1 unspecified atom stereocenters. The second kappa shape index (κ2) is 10.8. The molecule has 35 heavy (non-hydrogen) atoms. The van der Waals surface area contributed by atoms with E-state index in [9.17, 15) is 19.1 Å². The van der Waals surface area contributed by atoms with Crippen LogP contribution in [0.1, 0.15) is 22.7 Å². The number of ether oxygens (including phenoxy) is 2. The fourth-order valence-electron chi connectivity index (χ4n) is 4.50. The van der Waals surface area contributed by atoms with Crippen molar-refractivity contribution in [1.29, 1.82) is 0 Å². The molecule has 2 aromatic carbocycles. The number of aryl methyl sites for hydroxylation is 1. The second-order valence-corrected chi connectivity index (χ2v) is 8.54. The number of morpholine rings is 1. The number of rotatable bonds is 8. The van der Waals surface area contributed by atoms with Gasteiger partial charge in [0.05, 0.1) is 24.8 Å². The molecule has 8 heteroatoms. The average Bonchev–Trinajstić information content (AvgIpc) is 3.11. The third-order valence-electron chi connectivity index (χ3n) is 6.32. The normalized spacial score (nSPS) is 20.3. The number of hydrogen-bond acceptors (Lipinski definition) is 6. The van der Waals surface area contributed by atoms with Gasteiger partial charge in [-0.1, -0.05) is 30.9 Å². The molecule has 2 aliphatic rings. The maximum absolute atomic E-state index is 14.9. The van der Waals surface area contributed by atoms with Crippen molar-refractivity contribution in [2.75, 3.05) is 46.0 Å². The summed E-state index contributed by atoms with van der Waals surface area (Å²) in [4.78, 5) is 29.8. The van der Waals surface area contributed by atoms with Gasteiger partial charge in [0.25, 0.3) is 11.7 Å². The summed E-state index contributed by atoms with van der Waals surface area (Å²) in [7, 11) is 0. The van der Waals surface area contributed by atoms with Gasteiger partial charge in [0, 0.05) is 37.3 Å². The van der Waals surface area contributed by atoms with Crippen molar-refractivity contribution in [3.63, 3.8) is 0 Å². The van der Waals surface area contributed by atoms with E-state index in [2.05, 4.69) is 11.5 Å². The van der Waals surface area contributed by atoms with Gasteiger partial charge in [-0.05, 0) is 36.8 Å². The molecule has 2 heterocycles. The van der Waals surface area contributed by atoms with Crippen LogP contribution in [-0.2, 0) is 14.3 Å². The largest absolute Gasteiger partial charge is 0.507 e. The molecule has 184 valence electrons. The van der Waals surface area contributed by atoms with Gasteiger partial charge in [0.15, 0.2) is 0 Å². The van der Waals surface area contributed by atoms with Crippen LogP contribution in [-0.4, -0.2) is 72.6 Å². The van der Waals surface area contributed by atoms with Gasteiger partial charge in [0.1, 0.15) is 23.9 Å². The summed E-state index contributed by atoms with van der Waals surface area (Å²) >= 11 is 0. The smallest absolute Gasteiger partial charge is 0.295 e. The lowest BCUT2D eigenvalue weighted by atomic mass is 9.93. The van der Waals surface area contributed by atoms with E-state index < -0.39 is 23.5 Å². The number of aliphatic hydroxyl groups excluding tert-OH is 1. The number of carbonyl (C=O) groups excluding carboxylic acids is 2. The van der Waals surface area contributed by atoms with E-state index in [4.69, 9.17) is 9.47 Å². The zero-order valence-corrected chi connectivity index (χ0v) is 19.7. The van der Waals surface area contributed by atoms with E-state index in [1.165, 1.54) is 11.0 Å². The molecule has 2 aliphatic heterocycles. The number of benzene rings is 2. The molecule has 2 fully saturated rings. The first-order chi connectivity index (χ1) is 16.9. The molecule has 0 radical (unpaired) electrons. The molecule has 4 rings (SSSR count). The van der Waals surface area contributed by atoms with Crippen LogP contribution in [0.3, 0.4) is 0 Å². The van der Waals surface area contributed by atoms with Crippen LogP contribution in [0, 0.1) is 12.7 Å². The third-order valence-corrected chi connectivity index (χ3v) is 6.32. The number of halogens is 1. The monoisotopic (exact) mass is 480 g/mol. The minimum Gasteiger partial charge on any atom is -0.507 e. The molecule has 1 N–H and O–H groups in total. The second-order valence-electron chi connectivity index (χ2n) is 8.54. The van der Waals surface area contributed by atoms with Crippen LogP contribution in [0.4, 0.5) is 4.39 Å². The highest BCUT2D eigenvalue weighted by Crippen LogP contribution is 2.40. The molecule has 1 amide bonds. The quantitative estimate of drug-likeness (QED) is 0.270. The SMILES string of the molecule is C=CCOc1ccc(C(O)=C2C(=O)C(=O)N(CCN3CCOCC3)C2c2ccccc2F)c(C)c1. The first kappa shape index (κ1) is 24.6. The standard InChI is InChI=1S/C27H29FN2O5/c1-3-14-35-19-8-9-20(18(2)17-19)25(31)23-24(21-6-4-5-7-22(21)28)30(27(33)26(23)32)11-10-29-12-15-34-16-13-29/h3-9,17,24,31H,1,10-16H2,2H3. The van der Waals surface area contributed by atoms with Crippen LogP contribution in [0.25, 0.3) is 5.76 Å². The Kier molecular flexibility index (Phi) is 7.63. The molecule has 0 saturated carbocycles. The van der Waals surface area contributed by atoms with Crippen molar-refractivity contribution >= 4 is 17.4 Å². The number of ketones is 1. The van der Waals surface area contributed by atoms with Crippen LogP contribution in [0.5, 0.6) is 5.75 Å². The Bertz CT molecular complexity index is 1160. The van der Waals surface area contributed by atoms with Gasteiger partial charge >= 0.3 is 0 Å². The zero-order valence-electron chi connectivity index (χ0n) is 19.7. The number of aliphatic hydroxyl groups is 1. The summed E-state index contributed by atoms with van der Waals surface area (Å²) in [5.41, 5.74) is 1.07. The molecule has 2 saturated heterocycles. The van der Waals surface area contributed by atoms with Crippen LogP contribution in [0.15, 0.2) is 60.7 Å². The minimum absolute atomic E-state index is 0.120. The lowest BCUT2D eigenvalue weighted by molar-refractivity contribution is -0.140. The Labute approximate surface area is 204 Å². The first-order valence-electron chi connectivity index (χ1n) is 11.6. The van der Waals surface area contributed by atoms with Crippen molar-refractivity contribution in [3.8, 4) is 5.75 Å². The molecule has 0 spiro atoms. The highest BCUT2D eigenvalue weighted by molar-refractivity contribution is 6.46. The number of likely N-dealkylation sites (tertiary alicyclic amines) is 1. The van der Waals surface area contributed by atoms with Gasteiger partial charge in [0.2, 0.25) is 0 Å². The number of carbonyl (C=O) groups is 2. The Hall–Kier alpha value is -3.49.